The minimum atomic E-state index is -0.272. The molecule has 0 spiro atoms. The zero-order valence-corrected chi connectivity index (χ0v) is 11.4. The summed E-state index contributed by atoms with van der Waals surface area (Å²) in [4.78, 5) is 18.4. The number of hydrogen-bond acceptors (Lipinski definition) is 5. The number of carbonyl (C=O) groups excluding carboxylic acids is 1. The Hall–Kier alpha value is -2.05. The van der Waals surface area contributed by atoms with E-state index in [1.54, 1.807) is 6.08 Å². The number of hydrogen-bond donors (Lipinski definition) is 2. The van der Waals surface area contributed by atoms with E-state index in [2.05, 4.69) is 25.4 Å². The lowest BCUT2D eigenvalue weighted by molar-refractivity contribution is -0.116. The zero-order chi connectivity index (χ0) is 13.8. The molecule has 0 aromatic carbocycles. The van der Waals surface area contributed by atoms with E-state index in [0.717, 1.165) is 38.8 Å². The van der Waals surface area contributed by atoms with Gasteiger partial charge in [-0.25, -0.2) is 5.10 Å². The average molecular weight is 277 g/mol. The molecular formula is C13H19N5O2. The summed E-state index contributed by atoms with van der Waals surface area (Å²) in [7, 11) is 0. The number of ether oxygens (including phenoxy) is 1. The first-order chi connectivity index (χ1) is 9.83. The van der Waals surface area contributed by atoms with Gasteiger partial charge in [-0.15, -0.1) is 5.10 Å². The lowest BCUT2D eigenvalue weighted by atomic mass is 10.1. The van der Waals surface area contributed by atoms with Gasteiger partial charge in [-0.2, -0.15) is 4.98 Å². The van der Waals surface area contributed by atoms with E-state index in [9.17, 15) is 4.79 Å². The van der Waals surface area contributed by atoms with Crippen molar-refractivity contribution in [2.45, 2.75) is 32.1 Å². The van der Waals surface area contributed by atoms with Crippen molar-refractivity contribution in [3.8, 4) is 0 Å². The highest BCUT2D eigenvalue weighted by Crippen LogP contribution is 2.17. The second kappa shape index (κ2) is 5.94. The van der Waals surface area contributed by atoms with Crippen LogP contribution in [0.4, 0.5) is 11.9 Å². The molecule has 2 aliphatic rings. The predicted octanol–water partition coefficient (Wildman–Crippen LogP) is 1.43. The van der Waals surface area contributed by atoms with E-state index in [1.165, 1.54) is 6.42 Å². The molecule has 20 heavy (non-hydrogen) atoms. The van der Waals surface area contributed by atoms with Gasteiger partial charge < -0.3 is 9.64 Å². The number of allylic oxidation sites excluding steroid dienone is 1. The van der Waals surface area contributed by atoms with Crippen LogP contribution in [0.25, 0.3) is 0 Å². The van der Waals surface area contributed by atoms with Gasteiger partial charge in [0.05, 0.1) is 6.61 Å². The number of aromatic nitrogens is 3. The fourth-order valence-corrected chi connectivity index (χ4v) is 2.43. The monoisotopic (exact) mass is 277 g/mol. The van der Waals surface area contributed by atoms with Crippen LogP contribution in [-0.4, -0.2) is 40.8 Å². The van der Waals surface area contributed by atoms with Gasteiger partial charge in [-0.1, -0.05) is 0 Å². The molecule has 7 heteroatoms. The third-order valence-electron chi connectivity index (χ3n) is 3.50. The smallest absolute Gasteiger partial charge is 0.292 e. The van der Waals surface area contributed by atoms with Crippen LogP contribution in [0.15, 0.2) is 11.8 Å². The van der Waals surface area contributed by atoms with Crippen LogP contribution in [0.5, 0.6) is 0 Å². The van der Waals surface area contributed by atoms with Crippen molar-refractivity contribution in [2.24, 2.45) is 0 Å². The highest BCUT2D eigenvalue weighted by atomic mass is 16.5. The molecule has 7 nitrogen and oxygen atoms in total. The molecule has 0 unspecified atom stereocenters. The molecule has 1 aromatic rings. The lowest BCUT2D eigenvalue weighted by Crippen LogP contribution is -2.30. The molecule has 0 saturated carbocycles. The summed E-state index contributed by atoms with van der Waals surface area (Å²) < 4.78 is 5.31. The van der Waals surface area contributed by atoms with E-state index in [1.807, 2.05) is 0 Å². The fraction of sp³-hybridized carbons (Fsp3) is 0.615. The number of aromatic amines is 1. The van der Waals surface area contributed by atoms with E-state index in [0.29, 0.717) is 24.3 Å². The molecular weight excluding hydrogens is 258 g/mol. The molecule has 0 atom stereocenters. The number of rotatable bonds is 3. The Balaban J connectivity index is 1.61. The lowest BCUT2D eigenvalue weighted by Gasteiger charge is -2.24. The third-order valence-corrected chi connectivity index (χ3v) is 3.50. The molecule has 0 aliphatic carbocycles. The van der Waals surface area contributed by atoms with Crippen LogP contribution in [0, 0.1) is 0 Å². The summed E-state index contributed by atoms with van der Waals surface area (Å²) in [5.74, 6) is 1.11. The molecule has 1 amide bonds. The first-order valence-corrected chi connectivity index (χ1v) is 7.14. The van der Waals surface area contributed by atoms with E-state index in [4.69, 9.17) is 4.74 Å². The number of piperidine rings is 1. The van der Waals surface area contributed by atoms with Crippen molar-refractivity contribution in [2.75, 3.05) is 29.9 Å². The topological polar surface area (TPSA) is 83.1 Å². The minimum Gasteiger partial charge on any atom is -0.488 e. The Morgan fingerprint density at radius 1 is 1.30 bits per heavy atom. The maximum Gasteiger partial charge on any atom is 0.292 e. The van der Waals surface area contributed by atoms with Gasteiger partial charge in [0, 0.05) is 13.1 Å². The molecule has 0 bridgehead atoms. The van der Waals surface area contributed by atoms with Crippen molar-refractivity contribution >= 4 is 17.8 Å². The van der Waals surface area contributed by atoms with E-state index in [-0.39, 0.29) is 5.91 Å². The summed E-state index contributed by atoms with van der Waals surface area (Å²) in [5.41, 5.74) is 0. The number of H-pyrrole nitrogens is 1. The van der Waals surface area contributed by atoms with Gasteiger partial charge in [0.2, 0.25) is 11.9 Å². The number of nitrogens with zero attached hydrogens (tertiary/aromatic N) is 3. The zero-order valence-electron chi connectivity index (χ0n) is 11.4. The van der Waals surface area contributed by atoms with Crippen LogP contribution < -0.4 is 10.2 Å². The van der Waals surface area contributed by atoms with E-state index >= 15 is 0 Å². The summed E-state index contributed by atoms with van der Waals surface area (Å²) in [6.45, 7) is 2.54. The van der Waals surface area contributed by atoms with Crippen molar-refractivity contribution in [1.82, 2.24) is 15.2 Å². The summed E-state index contributed by atoms with van der Waals surface area (Å²) in [6.07, 6.45) is 7.22. The quantitative estimate of drug-likeness (QED) is 0.873. The van der Waals surface area contributed by atoms with Crippen LogP contribution in [0.3, 0.4) is 0 Å². The first-order valence-electron chi connectivity index (χ1n) is 7.14. The maximum absolute atomic E-state index is 11.9. The molecule has 2 N–H and O–H groups in total. The van der Waals surface area contributed by atoms with E-state index < -0.39 is 0 Å². The first kappa shape index (κ1) is 13.0. The predicted molar refractivity (Wildman–Crippen MR) is 74.3 cm³/mol. The molecule has 108 valence electrons. The second-order valence-corrected chi connectivity index (χ2v) is 5.04. The molecule has 3 heterocycles. The van der Waals surface area contributed by atoms with Gasteiger partial charge in [0.25, 0.3) is 5.91 Å². The van der Waals surface area contributed by atoms with Crippen molar-refractivity contribution in [3.63, 3.8) is 0 Å². The summed E-state index contributed by atoms with van der Waals surface area (Å²) in [5, 5.41) is 9.59. The number of anilines is 2. The van der Waals surface area contributed by atoms with Gasteiger partial charge in [-0.05, 0) is 38.2 Å². The molecule has 1 aromatic heterocycles. The Kier molecular flexibility index (Phi) is 3.85. The Labute approximate surface area is 117 Å². The maximum atomic E-state index is 11.9. The summed E-state index contributed by atoms with van der Waals surface area (Å²) >= 11 is 0. The van der Waals surface area contributed by atoms with Crippen LogP contribution >= 0.6 is 0 Å². The van der Waals surface area contributed by atoms with Crippen molar-refractivity contribution < 1.29 is 9.53 Å². The number of carbonyl (C=O) groups is 1. The van der Waals surface area contributed by atoms with Gasteiger partial charge in [-0.3, -0.25) is 10.1 Å². The normalized spacial score (nSPS) is 19.2. The molecule has 2 aliphatic heterocycles. The highest BCUT2D eigenvalue weighted by Gasteiger charge is 2.18. The Morgan fingerprint density at radius 2 is 2.15 bits per heavy atom. The van der Waals surface area contributed by atoms with Crippen LogP contribution in [-0.2, 0) is 9.53 Å². The third kappa shape index (κ3) is 2.92. The fourth-order valence-electron chi connectivity index (χ4n) is 2.43. The van der Waals surface area contributed by atoms with Crippen molar-refractivity contribution in [1.29, 1.82) is 0 Å². The molecule has 1 saturated heterocycles. The SMILES string of the molecule is O=C(Nc1nc(N2CCCCC2)n[nH]1)C1=CCCCO1. The number of amides is 1. The van der Waals surface area contributed by atoms with Gasteiger partial charge in [0.1, 0.15) is 0 Å². The summed E-state index contributed by atoms with van der Waals surface area (Å²) in [6, 6.07) is 0. The molecule has 0 radical (unpaired) electrons. The average Bonchev–Trinajstić information content (AvgIpc) is 2.97. The standard InChI is InChI=1S/C13H19N5O2/c19-11(10-6-2-5-9-20-10)14-12-15-13(17-16-12)18-7-3-1-4-8-18/h6H,1-5,7-9H2,(H2,14,15,16,17,19). The minimum absolute atomic E-state index is 0.272. The largest absolute Gasteiger partial charge is 0.488 e. The van der Waals surface area contributed by atoms with Crippen LogP contribution in [0.1, 0.15) is 32.1 Å². The van der Waals surface area contributed by atoms with Gasteiger partial charge in [0.15, 0.2) is 5.76 Å². The van der Waals surface area contributed by atoms with Gasteiger partial charge >= 0.3 is 0 Å². The Bertz CT molecular complexity index is 505. The Morgan fingerprint density at radius 3 is 2.90 bits per heavy atom. The van der Waals surface area contributed by atoms with Crippen LogP contribution in [0.2, 0.25) is 0 Å². The number of nitrogens with one attached hydrogen (secondary N) is 2. The molecule has 1 fully saturated rings. The molecule has 3 rings (SSSR count). The van der Waals surface area contributed by atoms with Crippen molar-refractivity contribution in [3.05, 3.63) is 11.8 Å². The second-order valence-electron chi connectivity index (χ2n) is 5.04. The highest BCUT2D eigenvalue weighted by molar-refractivity contribution is 6.01.